The first-order chi connectivity index (χ1) is 9.06. The molecule has 0 aliphatic rings. The second-order valence-electron chi connectivity index (χ2n) is 5.09. The van der Waals surface area contributed by atoms with Gasteiger partial charge in [-0.05, 0) is 37.1 Å². The lowest BCUT2D eigenvalue weighted by atomic mass is 10.1. The molecule has 0 aliphatic heterocycles. The van der Waals surface area contributed by atoms with E-state index in [-0.39, 0.29) is 0 Å². The van der Waals surface area contributed by atoms with Crippen LogP contribution in [0.5, 0.6) is 5.75 Å². The molecule has 3 heteroatoms. The molecule has 1 rings (SSSR count). The Morgan fingerprint density at radius 1 is 1.47 bits per heavy atom. The van der Waals surface area contributed by atoms with E-state index in [1.165, 1.54) is 5.57 Å². The normalized spacial score (nSPS) is 11.5. The minimum Gasteiger partial charge on any atom is -0.495 e. The highest BCUT2D eigenvalue weighted by Crippen LogP contribution is 2.20. The highest BCUT2D eigenvalue weighted by atomic mass is 16.5. The largest absolute Gasteiger partial charge is 0.495 e. The maximum Gasteiger partial charge on any atom is 0.136 e. The van der Waals surface area contributed by atoms with Gasteiger partial charge >= 0.3 is 0 Å². The van der Waals surface area contributed by atoms with Gasteiger partial charge in [0.05, 0.1) is 12.7 Å². The Morgan fingerprint density at radius 3 is 2.79 bits per heavy atom. The second kappa shape index (κ2) is 7.60. The zero-order valence-electron chi connectivity index (χ0n) is 12.2. The van der Waals surface area contributed by atoms with Crippen molar-refractivity contribution in [1.29, 1.82) is 5.26 Å². The Kier molecular flexibility index (Phi) is 6.11. The summed E-state index contributed by atoms with van der Waals surface area (Å²) in [5.74, 6) is 1.27. The zero-order chi connectivity index (χ0) is 14.3. The van der Waals surface area contributed by atoms with Crippen LogP contribution >= 0.6 is 0 Å². The first kappa shape index (κ1) is 15.3. The number of nitriles is 1. The Hall–Kier alpha value is -1.79. The molecule has 0 amide bonds. The molecule has 0 aliphatic carbocycles. The van der Waals surface area contributed by atoms with Crippen molar-refractivity contribution in [2.24, 2.45) is 5.92 Å². The topological polar surface area (TPSA) is 45.0 Å². The van der Waals surface area contributed by atoms with E-state index in [1.807, 2.05) is 18.2 Å². The fraction of sp³-hybridized carbons (Fsp3) is 0.438. The van der Waals surface area contributed by atoms with Crippen LogP contribution in [-0.4, -0.2) is 20.2 Å². The molecule has 102 valence electrons. The van der Waals surface area contributed by atoms with Crippen molar-refractivity contribution in [2.75, 3.05) is 20.2 Å². The lowest BCUT2D eigenvalue weighted by Gasteiger charge is -2.08. The van der Waals surface area contributed by atoms with E-state index in [0.29, 0.717) is 17.2 Å². The number of nitrogens with one attached hydrogen (secondary N) is 1. The number of rotatable bonds is 6. The predicted molar refractivity (Wildman–Crippen MR) is 79.1 cm³/mol. The van der Waals surface area contributed by atoms with Gasteiger partial charge in [-0.25, -0.2) is 0 Å². The highest BCUT2D eigenvalue weighted by molar-refractivity contribution is 5.58. The van der Waals surface area contributed by atoms with Gasteiger partial charge in [-0.1, -0.05) is 31.6 Å². The summed E-state index contributed by atoms with van der Waals surface area (Å²) in [7, 11) is 1.58. The van der Waals surface area contributed by atoms with Gasteiger partial charge in [0.1, 0.15) is 11.8 Å². The molecule has 0 heterocycles. The van der Waals surface area contributed by atoms with E-state index >= 15 is 0 Å². The summed E-state index contributed by atoms with van der Waals surface area (Å²) >= 11 is 0. The maximum atomic E-state index is 9.05. The Labute approximate surface area is 115 Å². The smallest absolute Gasteiger partial charge is 0.136 e. The van der Waals surface area contributed by atoms with Crippen molar-refractivity contribution in [2.45, 2.75) is 20.8 Å². The molecular formula is C16H22N2O. The predicted octanol–water partition coefficient (Wildman–Crippen LogP) is 3.22. The average Bonchev–Trinajstić information content (AvgIpc) is 2.38. The molecular weight excluding hydrogens is 236 g/mol. The number of nitrogens with zero attached hydrogens (tertiary/aromatic N) is 1. The van der Waals surface area contributed by atoms with Gasteiger partial charge in [0, 0.05) is 6.54 Å². The minimum atomic E-state index is 0.569. The quantitative estimate of drug-likeness (QED) is 0.852. The fourth-order valence-corrected chi connectivity index (χ4v) is 1.80. The monoisotopic (exact) mass is 258 g/mol. The molecule has 0 spiro atoms. The number of ether oxygens (including phenoxy) is 1. The zero-order valence-corrected chi connectivity index (χ0v) is 12.2. The van der Waals surface area contributed by atoms with Crippen LogP contribution in [0.2, 0.25) is 0 Å². The van der Waals surface area contributed by atoms with E-state index in [2.05, 4.69) is 38.2 Å². The Balaban J connectivity index is 2.73. The fourth-order valence-electron chi connectivity index (χ4n) is 1.80. The third-order valence-corrected chi connectivity index (χ3v) is 2.71. The van der Waals surface area contributed by atoms with Crippen molar-refractivity contribution in [3.8, 4) is 11.8 Å². The SMILES string of the molecule is COc1ccc(C=C(C)CNCC(C)C)cc1C#N. The molecule has 0 radical (unpaired) electrons. The number of benzene rings is 1. The summed E-state index contributed by atoms with van der Waals surface area (Å²) in [5.41, 5.74) is 2.84. The summed E-state index contributed by atoms with van der Waals surface area (Å²) < 4.78 is 5.13. The van der Waals surface area contributed by atoms with Crippen LogP contribution in [0.1, 0.15) is 31.9 Å². The summed E-state index contributed by atoms with van der Waals surface area (Å²) in [6, 6.07) is 7.80. The van der Waals surface area contributed by atoms with Crippen molar-refractivity contribution in [1.82, 2.24) is 5.32 Å². The Bertz CT molecular complexity index is 484. The number of methoxy groups -OCH3 is 1. The number of hydrogen-bond acceptors (Lipinski definition) is 3. The van der Waals surface area contributed by atoms with E-state index in [4.69, 9.17) is 10.00 Å². The first-order valence-corrected chi connectivity index (χ1v) is 6.52. The van der Waals surface area contributed by atoms with Gasteiger partial charge in [0.15, 0.2) is 0 Å². The third-order valence-electron chi connectivity index (χ3n) is 2.71. The van der Waals surface area contributed by atoms with E-state index in [1.54, 1.807) is 7.11 Å². The summed E-state index contributed by atoms with van der Waals surface area (Å²) in [6.07, 6.45) is 2.09. The molecule has 19 heavy (non-hydrogen) atoms. The van der Waals surface area contributed by atoms with Gasteiger partial charge in [0.2, 0.25) is 0 Å². The lowest BCUT2D eigenvalue weighted by molar-refractivity contribution is 0.413. The van der Waals surface area contributed by atoms with Crippen LogP contribution in [-0.2, 0) is 0 Å². The first-order valence-electron chi connectivity index (χ1n) is 6.52. The van der Waals surface area contributed by atoms with Crippen molar-refractivity contribution in [3.63, 3.8) is 0 Å². The van der Waals surface area contributed by atoms with E-state index < -0.39 is 0 Å². The van der Waals surface area contributed by atoms with Crippen LogP contribution < -0.4 is 10.1 Å². The molecule has 0 saturated carbocycles. The van der Waals surface area contributed by atoms with Crippen molar-refractivity contribution < 1.29 is 4.74 Å². The minimum absolute atomic E-state index is 0.569. The summed E-state index contributed by atoms with van der Waals surface area (Å²) in [4.78, 5) is 0. The van der Waals surface area contributed by atoms with Gasteiger partial charge in [-0.2, -0.15) is 5.26 Å². The van der Waals surface area contributed by atoms with E-state index in [9.17, 15) is 0 Å². The van der Waals surface area contributed by atoms with Crippen molar-refractivity contribution in [3.05, 3.63) is 34.9 Å². The standard InChI is InChI=1S/C16H22N2O/c1-12(2)10-18-11-13(3)7-14-5-6-16(19-4)15(8-14)9-17/h5-8,12,18H,10-11H2,1-4H3. The highest BCUT2D eigenvalue weighted by Gasteiger charge is 2.02. The van der Waals surface area contributed by atoms with Gasteiger partial charge in [-0.3, -0.25) is 0 Å². The molecule has 0 aromatic heterocycles. The van der Waals surface area contributed by atoms with Crippen LogP contribution in [0.15, 0.2) is 23.8 Å². The van der Waals surface area contributed by atoms with Crippen LogP contribution in [0.4, 0.5) is 0 Å². The van der Waals surface area contributed by atoms with E-state index in [0.717, 1.165) is 18.7 Å². The molecule has 1 aromatic rings. The van der Waals surface area contributed by atoms with Gasteiger partial charge in [0.25, 0.3) is 0 Å². The molecule has 0 bridgehead atoms. The summed E-state index contributed by atoms with van der Waals surface area (Å²) in [5, 5.41) is 12.4. The molecule has 0 fully saturated rings. The second-order valence-corrected chi connectivity index (χ2v) is 5.09. The van der Waals surface area contributed by atoms with Crippen molar-refractivity contribution >= 4 is 6.08 Å². The maximum absolute atomic E-state index is 9.05. The average molecular weight is 258 g/mol. The molecule has 0 atom stereocenters. The van der Waals surface area contributed by atoms with Gasteiger partial charge < -0.3 is 10.1 Å². The Morgan fingerprint density at radius 2 is 2.21 bits per heavy atom. The molecule has 0 unspecified atom stereocenters. The molecule has 0 saturated heterocycles. The van der Waals surface area contributed by atoms with Crippen LogP contribution in [0, 0.1) is 17.2 Å². The van der Waals surface area contributed by atoms with Crippen LogP contribution in [0.3, 0.4) is 0 Å². The molecule has 1 aromatic carbocycles. The van der Waals surface area contributed by atoms with Gasteiger partial charge in [-0.15, -0.1) is 0 Å². The van der Waals surface area contributed by atoms with Crippen LogP contribution in [0.25, 0.3) is 6.08 Å². The third kappa shape index (κ3) is 5.15. The molecule has 1 N–H and O–H groups in total. The lowest BCUT2D eigenvalue weighted by Crippen LogP contribution is -2.21. The number of hydrogen-bond donors (Lipinski definition) is 1. The summed E-state index contributed by atoms with van der Waals surface area (Å²) in [6.45, 7) is 8.34. The molecule has 3 nitrogen and oxygen atoms in total.